The van der Waals surface area contributed by atoms with Crippen LogP contribution in [-0.2, 0) is 0 Å². The lowest BCUT2D eigenvalue weighted by Gasteiger charge is -2.16. The van der Waals surface area contributed by atoms with Crippen LogP contribution >= 0.6 is 0 Å². The molecule has 96 valence electrons. The molecule has 0 bridgehead atoms. The van der Waals surface area contributed by atoms with Crippen LogP contribution in [0.2, 0.25) is 0 Å². The van der Waals surface area contributed by atoms with Crippen molar-refractivity contribution in [2.45, 2.75) is 6.92 Å². The Bertz CT molecular complexity index is 582. The number of para-hydroxylation sites is 1. The Morgan fingerprint density at radius 3 is 2.42 bits per heavy atom. The van der Waals surface area contributed by atoms with Gasteiger partial charge < -0.3 is 4.90 Å². The van der Waals surface area contributed by atoms with Gasteiger partial charge in [-0.05, 0) is 13.0 Å². The quantitative estimate of drug-likeness (QED) is 0.460. The van der Waals surface area contributed by atoms with Gasteiger partial charge in [0.15, 0.2) is 0 Å². The lowest BCUT2D eigenvalue weighted by Crippen LogP contribution is -2.32. The minimum absolute atomic E-state index is 0.115. The van der Waals surface area contributed by atoms with Crippen molar-refractivity contribution in [3.8, 4) is 12.1 Å². The van der Waals surface area contributed by atoms with E-state index in [1.807, 2.05) is 0 Å². The van der Waals surface area contributed by atoms with E-state index >= 15 is 0 Å². The van der Waals surface area contributed by atoms with Crippen molar-refractivity contribution >= 4 is 11.6 Å². The Labute approximate surface area is 109 Å². The highest BCUT2D eigenvalue weighted by atomic mass is 16.6. The van der Waals surface area contributed by atoms with Crippen LogP contribution in [0.5, 0.6) is 0 Å². The Morgan fingerprint density at radius 2 is 1.95 bits per heavy atom. The molecule has 7 nitrogen and oxygen atoms in total. The summed E-state index contributed by atoms with van der Waals surface area (Å²) in [4.78, 5) is 23.4. The van der Waals surface area contributed by atoms with Gasteiger partial charge >= 0.3 is 0 Å². The van der Waals surface area contributed by atoms with Gasteiger partial charge in [0.05, 0.1) is 17.1 Å². The minimum Gasteiger partial charge on any atom is -0.312 e. The second-order valence-corrected chi connectivity index (χ2v) is 3.71. The monoisotopic (exact) mass is 258 g/mol. The van der Waals surface area contributed by atoms with E-state index in [1.165, 1.54) is 25.1 Å². The predicted molar refractivity (Wildman–Crippen MR) is 65.0 cm³/mol. The van der Waals surface area contributed by atoms with E-state index in [0.29, 0.717) is 5.56 Å². The average molecular weight is 258 g/mol. The molecule has 0 atom stereocenters. The van der Waals surface area contributed by atoms with E-state index in [2.05, 4.69) is 0 Å². The molecule has 1 rings (SSSR count). The molecule has 0 N–H and O–H groups in total. The first-order chi connectivity index (χ1) is 9.02. The van der Waals surface area contributed by atoms with E-state index < -0.39 is 10.8 Å². The van der Waals surface area contributed by atoms with Crippen LogP contribution < -0.4 is 0 Å². The maximum Gasteiger partial charge on any atom is 0.285 e. The summed E-state index contributed by atoms with van der Waals surface area (Å²) in [6, 6.07) is 7.86. The third-order valence-corrected chi connectivity index (χ3v) is 2.46. The number of nitriles is 2. The SMILES string of the molecule is Cc1cccc(C(=O)N(CC#N)CC#N)c1[N+](=O)[O-]. The highest BCUT2D eigenvalue weighted by molar-refractivity contribution is 5.98. The van der Waals surface area contributed by atoms with Gasteiger partial charge in [-0.25, -0.2) is 0 Å². The fourth-order valence-electron chi connectivity index (χ4n) is 1.61. The third kappa shape index (κ3) is 3.05. The lowest BCUT2D eigenvalue weighted by atomic mass is 10.1. The molecule has 19 heavy (non-hydrogen) atoms. The van der Waals surface area contributed by atoms with Crippen molar-refractivity contribution in [3.63, 3.8) is 0 Å². The molecule has 0 aliphatic rings. The molecule has 1 aromatic carbocycles. The van der Waals surface area contributed by atoms with Crippen molar-refractivity contribution in [1.29, 1.82) is 10.5 Å². The van der Waals surface area contributed by atoms with Crippen LogP contribution in [0.15, 0.2) is 18.2 Å². The van der Waals surface area contributed by atoms with Crippen LogP contribution in [0.1, 0.15) is 15.9 Å². The van der Waals surface area contributed by atoms with Gasteiger partial charge in [-0.1, -0.05) is 12.1 Å². The number of hydrogen-bond acceptors (Lipinski definition) is 5. The summed E-state index contributed by atoms with van der Waals surface area (Å²) in [5, 5.41) is 28.2. The predicted octanol–water partition coefficient (Wildman–Crippen LogP) is 1.39. The molecule has 0 aliphatic heterocycles. The first kappa shape index (κ1) is 14.1. The van der Waals surface area contributed by atoms with E-state index in [-0.39, 0.29) is 24.3 Å². The summed E-state index contributed by atoms with van der Waals surface area (Å²) in [5.74, 6) is -0.696. The van der Waals surface area contributed by atoms with E-state index in [9.17, 15) is 14.9 Å². The van der Waals surface area contributed by atoms with Gasteiger partial charge in [0, 0.05) is 5.56 Å². The number of rotatable bonds is 4. The molecule has 0 saturated heterocycles. The number of hydrogen-bond donors (Lipinski definition) is 0. The van der Waals surface area contributed by atoms with Crippen LogP contribution in [0, 0.1) is 39.7 Å². The standard InChI is InChI=1S/C12H10N4O3/c1-9-3-2-4-10(11(9)16(18)19)12(17)15(7-5-13)8-6-14/h2-4H,7-8H2,1H3. The van der Waals surface area contributed by atoms with Crippen LogP contribution in [-0.4, -0.2) is 28.8 Å². The first-order valence-electron chi connectivity index (χ1n) is 5.30. The van der Waals surface area contributed by atoms with Gasteiger partial charge in [0.1, 0.15) is 18.7 Å². The topological polar surface area (TPSA) is 111 Å². The molecule has 7 heteroatoms. The summed E-state index contributed by atoms with van der Waals surface area (Å²) in [5.41, 5.74) is -0.0615. The van der Waals surface area contributed by atoms with Crippen molar-refractivity contribution in [3.05, 3.63) is 39.4 Å². The van der Waals surface area contributed by atoms with Crippen molar-refractivity contribution < 1.29 is 9.72 Å². The Hall–Kier alpha value is -2.93. The second kappa shape index (κ2) is 6.12. The molecule has 1 aromatic rings. The number of nitro benzene ring substituents is 1. The molecular weight excluding hydrogens is 248 g/mol. The third-order valence-electron chi connectivity index (χ3n) is 2.46. The highest BCUT2D eigenvalue weighted by Crippen LogP contribution is 2.24. The van der Waals surface area contributed by atoms with Crippen LogP contribution in [0.25, 0.3) is 0 Å². The molecule has 1 amide bonds. The summed E-state index contributed by atoms with van der Waals surface area (Å²) in [7, 11) is 0. The number of aryl methyl sites for hydroxylation is 1. The van der Waals surface area contributed by atoms with E-state index in [0.717, 1.165) is 4.90 Å². The summed E-state index contributed by atoms with van der Waals surface area (Å²) < 4.78 is 0. The van der Waals surface area contributed by atoms with Gasteiger partial charge in [-0.15, -0.1) is 0 Å². The lowest BCUT2D eigenvalue weighted by molar-refractivity contribution is -0.385. The van der Waals surface area contributed by atoms with Gasteiger partial charge in [-0.3, -0.25) is 14.9 Å². The molecule has 0 aromatic heterocycles. The molecule has 0 spiro atoms. The fraction of sp³-hybridized carbons (Fsp3) is 0.250. The number of carbonyl (C=O) groups excluding carboxylic acids is 1. The number of nitrogens with zero attached hydrogens (tertiary/aromatic N) is 4. The second-order valence-electron chi connectivity index (χ2n) is 3.71. The fourth-order valence-corrected chi connectivity index (χ4v) is 1.61. The Kier molecular flexibility index (Phi) is 4.56. The zero-order valence-electron chi connectivity index (χ0n) is 10.2. The maximum atomic E-state index is 12.1. The molecule has 0 saturated carbocycles. The van der Waals surface area contributed by atoms with E-state index in [4.69, 9.17) is 10.5 Å². The molecule has 0 unspecified atom stereocenters. The zero-order valence-corrected chi connectivity index (χ0v) is 10.2. The van der Waals surface area contributed by atoms with E-state index in [1.54, 1.807) is 12.1 Å². The van der Waals surface area contributed by atoms with Crippen LogP contribution in [0.4, 0.5) is 5.69 Å². The van der Waals surface area contributed by atoms with Gasteiger partial charge in [-0.2, -0.15) is 10.5 Å². The Balaban J connectivity index is 3.26. The molecule has 0 heterocycles. The number of amides is 1. The summed E-state index contributed by atoms with van der Waals surface area (Å²) in [6.45, 7) is 0.933. The minimum atomic E-state index is -0.696. The molecule has 0 aliphatic carbocycles. The number of benzene rings is 1. The normalized spacial score (nSPS) is 9.21. The smallest absolute Gasteiger partial charge is 0.285 e. The molecular formula is C12H10N4O3. The largest absolute Gasteiger partial charge is 0.312 e. The van der Waals surface area contributed by atoms with Crippen LogP contribution in [0.3, 0.4) is 0 Å². The summed E-state index contributed by atoms with van der Waals surface area (Å²) in [6.07, 6.45) is 0. The molecule has 0 fully saturated rings. The first-order valence-corrected chi connectivity index (χ1v) is 5.30. The van der Waals surface area contributed by atoms with Gasteiger partial charge in [0.2, 0.25) is 0 Å². The Morgan fingerprint density at radius 1 is 1.37 bits per heavy atom. The maximum absolute atomic E-state index is 12.1. The molecule has 0 radical (unpaired) electrons. The summed E-state index contributed by atoms with van der Waals surface area (Å²) >= 11 is 0. The number of carbonyl (C=O) groups is 1. The number of nitro groups is 1. The highest BCUT2D eigenvalue weighted by Gasteiger charge is 2.26. The van der Waals surface area contributed by atoms with Crippen molar-refractivity contribution in [2.75, 3.05) is 13.1 Å². The average Bonchev–Trinajstić information content (AvgIpc) is 2.37. The van der Waals surface area contributed by atoms with Crippen molar-refractivity contribution in [2.24, 2.45) is 0 Å². The van der Waals surface area contributed by atoms with Crippen molar-refractivity contribution in [1.82, 2.24) is 4.90 Å². The van der Waals surface area contributed by atoms with Gasteiger partial charge in [0.25, 0.3) is 11.6 Å². The zero-order chi connectivity index (χ0) is 14.4.